The number of aromatic nitrogens is 1. The summed E-state index contributed by atoms with van der Waals surface area (Å²) in [5.74, 6) is -0.461. The molecule has 0 bridgehead atoms. The molecular formula is C29H27N3O3. The number of hydrogen-bond donors (Lipinski definition) is 1. The highest BCUT2D eigenvalue weighted by Gasteiger charge is 2.24. The van der Waals surface area contributed by atoms with Crippen molar-refractivity contribution in [3.63, 3.8) is 0 Å². The standard InChI is InChI=1S/C29H27N3O3/c1-19-8-7-12-25(20(19)2)30-27(33)18-32-26-13-6-5-11-23(26)24(16-28(32)34)29(35)31-15-14-21-9-3-4-10-22(21)17-31/h3-13,16H,14-15,17-18H2,1-2H3,(H,30,33). The van der Waals surface area contributed by atoms with Gasteiger partial charge in [0.05, 0.1) is 11.1 Å². The Labute approximate surface area is 203 Å². The van der Waals surface area contributed by atoms with Gasteiger partial charge in [-0.05, 0) is 54.7 Å². The summed E-state index contributed by atoms with van der Waals surface area (Å²) in [6.07, 6.45) is 0.787. The first-order valence-electron chi connectivity index (χ1n) is 11.8. The zero-order valence-electron chi connectivity index (χ0n) is 19.9. The Bertz CT molecular complexity index is 1520. The fraction of sp³-hybridized carbons (Fsp3) is 0.207. The van der Waals surface area contributed by atoms with E-state index in [9.17, 15) is 14.4 Å². The lowest BCUT2D eigenvalue weighted by molar-refractivity contribution is -0.116. The summed E-state index contributed by atoms with van der Waals surface area (Å²) in [6, 6.07) is 22.5. The van der Waals surface area contributed by atoms with Gasteiger partial charge in [-0.2, -0.15) is 0 Å². The second kappa shape index (κ2) is 9.22. The monoisotopic (exact) mass is 465 g/mol. The van der Waals surface area contributed by atoms with Crippen LogP contribution in [0.2, 0.25) is 0 Å². The third kappa shape index (κ3) is 4.35. The van der Waals surface area contributed by atoms with Crippen molar-refractivity contribution in [1.82, 2.24) is 9.47 Å². The summed E-state index contributed by atoms with van der Waals surface area (Å²) in [5.41, 5.74) is 5.74. The van der Waals surface area contributed by atoms with Gasteiger partial charge in [0, 0.05) is 30.2 Å². The number of fused-ring (bicyclic) bond motifs is 2. The van der Waals surface area contributed by atoms with Gasteiger partial charge in [-0.1, -0.05) is 54.6 Å². The molecule has 6 nitrogen and oxygen atoms in total. The first-order valence-corrected chi connectivity index (χ1v) is 11.8. The van der Waals surface area contributed by atoms with Crippen molar-refractivity contribution in [3.8, 4) is 0 Å². The molecule has 2 amide bonds. The zero-order valence-corrected chi connectivity index (χ0v) is 19.9. The molecule has 0 saturated carbocycles. The molecule has 0 radical (unpaired) electrons. The normalized spacial score (nSPS) is 12.9. The molecule has 0 aliphatic carbocycles. The number of aryl methyl sites for hydroxylation is 1. The molecule has 0 fully saturated rings. The first kappa shape index (κ1) is 22.6. The Balaban J connectivity index is 1.46. The predicted molar refractivity (Wildman–Crippen MR) is 138 cm³/mol. The number of carbonyl (C=O) groups excluding carboxylic acids is 2. The highest BCUT2D eigenvalue weighted by Crippen LogP contribution is 2.24. The van der Waals surface area contributed by atoms with Crippen molar-refractivity contribution in [3.05, 3.63) is 111 Å². The van der Waals surface area contributed by atoms with Crippen molar-refractivity contribution in [1.29, 1.82) is 0 Å². The van der Waals surface area contributed by atoms with Crippen LogP contribution in [0.4, 0.5) is 5.69 Å². The fourth-order valence-corrected chi connectivity index (χ4v) is 4.73. The Morgan fingerprint density at radius 2 is 1.66 bits per heavy atom. The third-order valence-electron chi connectivity index (χ3n) is 6.85. The maximum absolute atomic E-state index is 13.5. The van der Waals surface area contributed by atoms with Crippen LogP contribution in [-0.4, -0.2) is 27.8 Å². The lowest BCUT2D eigenvalue weighted by Gasteiger charge is -2.29. The van der Waals surface area contributed by atoms with E-state index >= 15 is 0 Å². The molecule has 1 aromatic heterocycles. The number of nitrogens with zero attached hydrogens (tertiary/aromatic N) is 2. The maximum atomic E-state index is 13.5. The van der Waals surface area contributed by atoms with E-state index in [1.807, 2.05) is 68.4 Å². The zero-order chi connectivity index (χ0) is 24.5. The third-order valence-corrected chi connectivity index (χ3v) is 6.85. The number of pyridine rings is 1. The van der Waals surface area contributed by atoms with E-state index < -0.39 is 0 Å². The summed E-state index contributed by atoms with van der Waals surface area (Å²) < 4.78 is 1.43. The van der Waals surface area contributed by atoms with E-state index in [1.54, 1.807) is 11.0 Å². The van der Waals surface area contributed by atoms with Gasteiger partial charge in [-0.3, -0.25) is 19.0 Å². The minimum absolute atomic E-state index is 0.141. The summed E-state index contributed by atoms with van der Waals surface area (Å²) >= 11 is 0. The van der Waals surface area contributed by atoms with Crippen LogP contribution in [0.25, 0.3) is 10.9 Å². The van der Waals surface area contributed by atoms with Crippen molar-refractivity contribution >= 4 is 28.4 Å². The highest BCUT2D eigenvalue weighted by atomic mass is 16.2. The summed E-state index contributed by atoms with van der Waals surface area (Å²) in [6.45, 7) is 4.92. The summed E-state index contributed by atoms with van der Waals surface area (Å²) in [5, 5.41) is 3.58. The van der Waals surface area contributed by atoms with Crippen LogP contribution in [0.1, 0.15) is 32.6 Å². The smallest absolute Gasteiger partial charge is 0.255 e. The van der Waals surface area contributed by atoms with E-state index in [-0.39, 0.29) is 23.9 Å². The topological polar surface area (TPSA) is 71.4 Å². The molecule has 2 heterocycles. The molecule has 1 N–H and O–H groups in total. The van der Waals surface area contributed by atoms with Gasteiger partial charge < -0.3 is 10.2 Å². The summed E-state index contributed by atoms with van der Waals surface area (Å²) in [7, 11) is 0. The van der Waals surface area contributed by atoms with Crippen molar-refractivity contribution in [2.75, 3.05) is 11.9 Å². The molecule has 1 aliphatic heterocycles. The van der Waals surface area contributed by atoms with Crippen molar-refractivity contribution in [2.45, 2.75) is 33.4 Å². The Kier molecular flexibility index (Phi) is 5.95. The van der Waals surface area contributed by atoms with Crippen LogP contribution in [0, 0.1) is 13.8 Å². The number of anilines is 1. The Morgan fingerprint density at radius 3 is 2.49 bits per heavy atom. The predicted octanol–water partition coefficient (Wildman–Crippen LogP) is 4.46. The molecule has 0 atom stereocenters. The van der Waals surface area contributed by atoms with E-state index in [4.69, 9.17) is 0 Å². The van der Waals surface area contributed by atoms with Crippen molar-refractivity contribution in [2.24, 2.45) is 0 Å². The van der Waals surface area contributed by atoms with E-state index in [2.05, 4.69) is 11.4 Å². The number of rotatable bonds is 4. The SMILES string of the molecule is Cc1cccc(NC(=O)Cn2c(=O)cc(C(=O)N3CCc4ccccc4C3)c3ccccc32)c1C. The average Bonchev–Trinajstić information content (AvgIpc) is 2.87. The number of hydrogen-bond acceptors (Lipinski definition) is 3. The quantitative estimate of drug-likeness (QED) is 0.484. The Hall–Kier alpha value is -4.19. The average molecular weight is 466 g/mol. The number of carbonyl (C=O) groups is 2. The fourth-order valence-electron chi connectivity index (χ4n) is 4.73. The van der Waals surface area contributed by atoms with E-state index in [0.717, 1.165) is 28.8 Å². The maximum Gasteiger partial charge on any atom is 0.255 e. The Morgan fingerprint density at radius 1 is 0.914 bits per heavy atom. The molecule has 6 heteroatoms. The van der Waals surface area contributed by atoms with Crippen LogP contribution in [0.5, 0.6) is 0 Å². The van der Waals surface area contributed by atoms with Crippen LogP contribution < -0.4 is 10.9 Å². The number of nitrogens with one attached hydrogen (secondary N) is 1. The largest absolute Gasteiger partial charge is 0.334 e. The molecular weight excluding hydrogens is 438 g/mol. The second-order valence-corrected chi connectivity index (χ2v) is 9.04. The minimum Gasteiger partial charge on any atom is -0.334 e. The van der Waals surface area contributed by atoms with Gasteiger partial charge in [0.1, 0.15) is 6.54 Å². The first-order chi connectivity index (χ1) is 16.9. The number of para-hydroxylation sites is 1. The lowest BCUT2D eigenvalue weighted by atomic mass is 9.98. The molecule has 176 valence electrons. The van der Waals surface area contributed by atoms with E-state index in [1.165, 1.54) is 16.2 Å². The lowest BCUT2D eigenvalue weighted by Crippen LogP contribution is -2.37. The molecule has 1 aliphatic rings. The molecule has 4 aromatic rings. The molecule has 5 rings (SSSR count). The van der Waals surface area contributed by atoms with Crippen LogP contribution >= 0.6 is 0 Å². The highest BCUT2D eigenvalue weighted by molar-refractivity contribution is 6.06. The van der Waals surface area contributed by atoms with Crippen molar-refractivity contribution < 1.29 is 9.59 Å². The van der Waals surface area contributed by atoms with Crippen LogP contribution in [0.3, 0.4) is 0 Å². The minimum atomic E-state index is -0.374. The molecule has 3 aromatic carbocycles. The molecule has 0 unspecified atom stereocenters. The number of benzene rings is 3. The molecule has 35 heavy (non-hydrogen) atoms. The van der Waals surface area contributed by atoms with Gasteiger partial charge in [0.2, 0.25) is 5.91 Å². The van der Waals surface area contributed by atoms with Gasteiger partial charge in [0.25, 0.3) is 11.5 Å². The van der Waals surface area contributed by atoms with Gasteiger partial charge >= 0.3 is 0 Å². The van der Waals surface area contributed by atoms with Gasteiger partial charge in [-0.25, -0.2) is 0 Å². The summed E-state index contributed by atoms with van der Waals surface area (Å²) in [4.78, 5) is 41.4. The molecule has 0 saturated heterocycles. The van der Waals surface area contributed by atoms with Gasteiger partial charge in [-0.15, -0.1) is 0 Å². The van der Waals surface area contributed by atoms with Crippen LogP contribution in [-0.2, 0) is 24.3 Å². The second-order valence-electron chi connectivity index (χ2n) is 9.04. The molecule has 0 spiro atoms. The van der Waals surface area contributed by atoms with Gasteiger partial charge in [0.15, 0.2) is 0 Å². The van der Waals surface area contributed by atoms with E-state index in [0.29, 0.717) is 29.6 Å². The van der Waals surface area contributed by atoms with Crippen LogP contribution in [0.15, 0.2) is 77.6 Å². The number of amides is 2.